The second kappa shape index (κ2) is 11.1. The van der Waals surface area contributed by atoms with E-state index in [-0.39, 0.29) is 17.3 Å². The Hall–Kier alpha value is -2.13. The van der Waals surface area contributed by atoms with Gasteiger partial charge in [0.25, 0.3) is 0 Å². The van der Waals surface area contributed by atoms with Crippen LogP contribution in [0.1, 0.15) is 25.0 Å². The maximum Gasteiger partial charge on any atom is 0.243 e. The molecule has 1 unspecified atom stereocenters. The summed E-state index contributed by atoms with van der Waals surface area (Å²) in [6.07, 6.45) is 0. The second-order valence-corrected chi connectivity index (χ2v) is 12.7. The molecule has 1 atom stereocenters. The van der Waals surface area contributed by atoms with Gasteiger partial charge in [-0.3, -0.25) is 9.69 Å². The molecule has 2 aromatic rings. The van der Waals surface area contributed by atoms with Gasteiger partial charge in [-0.15, -0.1) is 0 Å². The van der Waals surface area contributed by atoms with Crippen LogP contribution in [0.5, 0.6) is 0 Å². The smallest absolute Gasteiger partial charge is 0.243 e. The zero-order chi connectivity index (χ0) is 26.0. The summed E-state index contributed by atoms with van der Waals surface area (Å²) in [7, 11) is -3.74. The normalized spacial score (nSPS) is 20.2. The third-order valence-corrected chi connectivity index (χ3v) is 9.17. The molecule has 9 heteroatoms. The summed E-state index contributed by atoms with van der Waals surface area (Å²) in [5.74, 6) is 0.389. The van der Waals surface area contributed by atoms with Crippen molar-refractivity contribution >= 4 is 33.2 Å². The van der Waals surface area contributed by atoms with Crippen LogP contribution in [-0.2, 0) is 14.8 Å². The summed E-state index contributed by atoms with van der Waals surface area (Å²) in [5, 5.41) is 0.379. The topological polar surface area (TPSA) is 64.2 Å². The molecule has 0 aromatic heterocycles. The lowest BCUT2D eigenvalue weighted by atomic mass is 10.1. The molecule has 2 aliphatic rings. The summed E-state index contributed by atoms with van der Waals surface area (Å²) in [5.41, 5.74) is 3.68. The van der Waals surface area contributed by atoms with E-state index in [1.165, 1.54) is 27.2 Å². The van der Waals surface area contributed by atoms with Gasteiger partial charge in [0.05, 0.1) is 4.90 Å². The molecule has 2 heterocycles. The van der Waals surface area contributed by atoms with Crippen LogP contribution in [-0.4, -0.2) is 86.8 Å². The van der Waals surface area contributed by atoms with Crippen LogP contribution in [0.25, 0.3) is 0 Å². The molecule has 0 bridgehead atoms. The fourth-order valence-electron chi connectivity index (χ4n) is 5.15. The molecule has 0 spiro atoms. The van der Waals surface area contributed by atoms with Crippen molar-refractivity contribution in [2.24, 2.45) is 5.92 Å². The fraction of sp³-hybridized carbons (Fsp3) is 0.519. The van der Waals surface area contributed by atoms with Crippen molar-refractivity contribution in [2.45, 2.75) is 38.6 Å². The van der Waals surface area contributed by atoms with Crippen LogP contribution in [0.4, 0.5) is 5.69 Å². The summed E-state index contributed by atoms with van der Waals surface area (Å²) in [6.45, 7) is 13.0. The van der Waals surface area contributed by atoms with Crippen LogP contribution in [0, 0.1) is 19.8 Å². The van der Waals surface area contributed by atoms with E-state index in [4.69, 9.17) is 11.6 Å². The predicted octanol–water partition coefficient (Wildman–Crippen LogP) is 3.64. The van der Waals surface area contributed by atoms with Crippen LogP contribution < -0.4 is 4.90 Å². The lowest BCUT2D eigenvalue weighted by molar-refractivity contribution is -0.139. The first-order valence-electron chi connectivity index (χ1n) is 12.7. The van der Waals surface area contributed by atoms with Gasteiger partial charge >= 0.3 is 0 Å². The Morgan fingerprint density at radius 3 is 2.39 bits per heavy atom. The molecule has 2 fully saturated rings. The lowest BCUT2D eigenvalue weighted by Gasteiger charge is -2.44. The number of hydrogen-bond acceptors (Lipinski definition) is 5. The average molecular weight is 533 g/mol. The van der Waals surface area contributed by atoms with E-state index < -0.39 is 16.1 Å². The molecule has 0 saturated carbocycles. The van der Waals surface area contributed by atoms with Gasteiger partial charge in [-0.05, 0) is 55.2 Å². The predicted molar refractivity (Wildman–Crippen MR) is 145 cm³/mol. The third-order valence-electron chi connectivity index (χ3n) is 7.07. The van der Waals surface area contributed by atoms with Crippen molar-refractivity contribution in [2.75, 3.05) is 57.3 Å². The first-order valence-corrected chi connectivity index (χ1v) is 14.5. The molecule has 4 rings (SSSR count). The van der Waals surface area contributed by atoms with Crippen LogP contribution >= 0.6 is 11.6 Å². The summed E-state index contributed by atoms with van der Waals surface area (Å²) >= 11 is 6.07. The Morgan fingerprint density at radius 2 is 1.72 bits per heavy atom. The molecule has 7 nitrogen and oxygen atoms in total. The number of amides is 1. The fourth-order valence-corrected chi connectivity index (χ4v) is 6.89. The van der Waals surface area contributed by atoms with Gasteiger partial charge in [0, 0.05) is 63.1 Å². The number of carbonyl (C=O) groups is 1. The molecule has 1 amide bonds. The molecule has 0 radical (unpaired) electrons. The number of benzene rings is 2. The van der Waals surface area contributed by atoms with Gasteiger partial charge in [0.1, 0.15) is 6.04 Å². The van der Waals surface area contributed by atoms with Crippen LogP contribution in [0.15, 0.2) is 47.4 Å². The average Bonchev–Trinajstić information content (AvgIpc) is 2.85. The maximum atomic E-state index is 13.8. The highest BCUT2D eigenvalue weighted by Crippen LogP contribution is 2.26. The van der Waals surface area contributed by atoms with Crippen molar-refractivity contribution in [1.82, 2.24) is 14.1 Å². The molecular formula is C27H37ClN4O3S. The molecule has 2 aromatic carbocycles. The highest BCUT2D eigenvalue weighted by molar-refractivity contribution is 7.89. The van der Waals surface area contributed by atoms with E-state index in [1.54, 1.807) is 18.2 Å². The maximum absolute atomic E-state index is 13.8. The van der Waals surface area contributed by atoms with Crippen molar-refractivity contribution in [3.05, 3.63) is 58.6 Å². The first-order chi connectivity index (χ1) is 17.1. The number of nitrogens with zero attached hydrogens (tertiary/aromatic N) is 4. The summed E-state index contributed by atoms with van der Waals surface area (Å²) in [6, 6.07) is 12.3. The Morgan fingerprint density at radius 1 is 1.00 bits per heavy atom. The van der Waals surface area contributed by atoms with E-state index in [0.29, 0.717) is 37.1 Å². The Bertz CT molecular complexity index is 1200. The molecule has 36 heavy (non-hydrogen) atoms. The lowest BCUT2D eigenvalue weighted by Crippen LogP contribution is -2.62. The largest absolute Gasteiger partial charge is 0.368 e. The highest BCUT2D eigenvalue weighted by Gasteiger charge is 2.40. The minimum absolute atomic E-state index is 0.0160. The SMILES string of the molecule is Cc1ccc(C)c(N2CCN(C(=O)C3CN(S(=O)(=O)c4cccc(Cl)c4)CCN3CC(C)C)CC2)c1. The standard InChI is InChI=1S/C27H37ClN4O3S/c1-20(2)18-31-14-15-32(36(34,35)24-7-5-6-23(28)17-24)19-26(31)27(33)30-12-10-29(11-13-30)25-16-21(3)8-9-22(25)4/h5-9,16-17,20,26H,10-15,18-19H2,1-4H3. The Balaban J connectivity index is 1.50. The van der Waals surface area contributed by atoms with E-state index in [0.717, 1.165) is 19.6 Å². The Kier molecular flexibility index (Phi) is 8.29. The van der Waals surface area contributed by atoms with E-state index in [9.17, 15) is 13.2 Å². The number of carbonyl (C=O) groups excluding carboxylic acids is 1. The molecular weight excluding hydrogens is 496 g/mol. The van der Waals surface area contributed by atoms with E-state index >= 15 is 0 Å². The summed E-state index contributed by atoms with van der Waals surface area (Å²) < 4.78 is 28.2. The van der Waals surface area contributed by atoms with E-state index in [1.807, 2.05) is 4.90 Å². The zero-order valence-corrected chi connectivity index (χ0v) is 23.2. The third kappa shape index (κ3) is 5.88. The molecule has 0 N–H and O–H groups in total. The number of hydrogen-bond donors (Lipinski definition) is 0. The second-order valence-electron chi connectivity index (χ2n) is 10.3. The van der Waals surface area contributed by atoms with Crippen LogP contribution in [0.2, 0.25) is 5.02 Å². The number of piperazine rings is 2. The molecule has 2 saturated heterocycles. The molecule has 2 aliphatic heterocycles. The number of anilines is 1. The van der Waals surface area contributed by atoms with Gasteiger partial charge in [-0.2, -0.15) is 4.31 Å². The van der Waals surface area contributed by atoms with Crippen molar-refractivity contribution in [1.29, 1.82) is 0 Å². The minimum Gasteiger partial charge on any atom is -0.368 e. The highest BCUT2D eigenvalue weighted by atomic mass is 35.5. The number of sulfonamides is 1. The van der Waals surface area contributed by atoms with Gasteiger partial charge < -0.3 is 9.80 Å². The molecule has 0 aliphatic carbocycles. The number of rotatable bonds is 6. The molecule has 196 valence electrons. The van der Waals surface area contributed by atoms with Gasteiger partial charge in [-0.1, -0.05) is 43.6 Å². The monoisotopic (exact) mass is 532 g/mol. The quantitative estimate of drug-likeness (QED) is 0.568. The number of aryl methyl sites for hydroxylation is 2. The van der Waals surface area contributed by atoms with Gasteiger partial charge in [0.2, 0.25) is 15.9 Å². The van der Waals surface area contributed by atoms with Crippen molar-refractivity contribution in [3.8, 4) is 0 Å². The summed E-state index contributed by atoms with van der Waals surface area (Å²) in [4.78, 5) is 20.4. The Labute approximate surface area is 220 Å². The van der Waals surface area contributed by atoms with Gasteiger partial charge in [0.15, 0.2) is 0 Å². The first kappa shape index (κ1) is 26.9. The van der Waals surface area contributed by atoms with Crippen molar-refractivity contribution in [3.63, 3.8) is 0 Å². The van der Waals surface area contributed by atoms with Crippen molar-refractivity contribution < 1.29 is 13.2 Å². The number of halogens is 1. The van der Waals surface area contributed by atoms with E-state index in [2.05, 4.69) is 55.7 Å². The van der Waals surface area contributed by atoms with Gasteiger partial charge in [-0.25, -0.2) is 8.42 Å². The zero-order valence-electron chi connectivity index (χ0n) is 21.7. The van der Waals surface area contributed by atoms with Crippen LogP contribution in [0.3, 0.4) is 0 Å². The minimum atomic E-state index is -3.74.